The van der Waals surface area contributed by atoms with Gasteiger partial charge in [0, 0.05) is 17.7 Å². The van der Waals surface area contributed by atoms with Crippen LogP contribution in [0.5, 0.6) is 0 Å². The van der Waals surface area contributed by atoms with E-state index in [0.717, 1.165) is 12.0 Å². The lowest BCUT2D eigenvalue weighted by atomic mass is 10.2. The Hall–Kier alpha value is -2.35. The molecule has 0 radical (unpaired) electrons. The van der Waals surface area contributed by atoms with Gasteiger partial charge in [0.2, 0.25) is 11.8 Å². The molecule has 8 heteroatoms. The van der Waals surface area contributed by atoms with Crippen molar-refractivity contribution in [3.05, 3.63) is 36.2 Å². The summed E-state index contributed by atoms with van der Waals surface area (Å²) in [6.07, 6.45) is 1.25. The van der Waals surface area contributed by atoms with Crippen LogP contribution in [0.15, 0.2) is 34.7 Å². The highest BCUT2D eigenvalue weighted by atomic mass is 32.2. The van der Waals surface area contributed by atoms with Gasteiger partial charge in [-0.1, -0.05) is 18.2 Å². The first-order chi connectivity index (χ1) is 12.1. The molecule has 0 saturated carbocycles. The molecule has 2 atom stereocenters. The normalized spacial score (nSPS) is 25.2. The van der Waals surface area contributed by atoms with Gasteiger partial charge in [0.05, 0.1) is 4.87 Å². The van der Waals surface area contributed by atoms with Crippen LogP contribution in [0.3, 0.4) is 0 Å². The van der Waals surface area contributed by atoms with Gasteiger partial charge in [-0.25, -0.2) is 4.79 Å². The zero-order valence-corrected chi connectivity index (χ0v) is 14.5. The fourth-order valence-corrected chi connectivity index (χ4v) is 4.65. The van der Waals surface area contributed by atoms with Gasteiger partial charge < -0.3 is 14.1 Å². The number of rotatable bonds is 4. The number of fused-ring (bicyclic) bond motifs is 1. The standard InChI is InChI=1S/C17H17N3O4S/c1-17-8-7-14(21)20(17)12(10-25-17)16(22)23-9-13-18-19-15(24-13)11-5-3-2-4-6-11/h2-6,12H,7-10H2,1H3/t12-,17+/m1/s1. The first-order valence-electron chi connectivity index (χ1n) is 8.07. The highest BCUT2D eigenvalue weighted by Crippen LogP contribution is 2.47. The van der Waals surface area contributed by atoms with Crippen LogP contribution >= 0.6 is 11.8 Å². The van der Waals surface area contributed by atoms with E-state index < -0.39 is 12.0 Å². The molecule has 1 aromatic carbocycles. The van der Waals surface area contributed by atoms with E-state index in [-0.39, 0.29) is 23.3 Å². The van der Waals surface area contributed by atoms with Crippen LogP contribution in [0.25, 0.3) is 11.5 Å². The van der Waals surface area contributed by atoms with Crippen molar-refractivity contribution in [2.75, 3.05) is 5.75 Å². The number of hydrogen-bond acceptors (Lipinski definition) is 7. The first-order valence-corrected chi connectivity index (χ1v) is 9.06. The molecule has 0 aliphatic carbocycles. The van der Waals surface area contributed by atoms with Gasteiger partial charge >= 0.3 is 5.97 Å². The molecule has 2 aliphatic rings. The van der Waals surface area contributed by atoms with Crippen LogP contribution in [-0.4, -0.2) is 43.6 Å². The van der Waals surface area contributed by atoms with Gasteiger partial charge in [0.1, 0.15) is 6.04 Å². The molecule has 2 aliphatic heterocycles. The zero-order valence-electron chi connectivity index (χ0n) is 13.7. The van der Waals surface area contributed by atoms with Gasteiger partial charge in [-0.15, -0.1) is 22.0 Å². The lowest BCUT2D eigenvalue weighted by Gasteiger charge is -2.29. The maximum atomic E-state index is 12.4. The van der Waals surface area contributed by atoms with E-state index in [4.69, 9.17) is 9.15 Å². The monoisotopic (exact) mass is 359 g/mol. The van der Waals surface area contributed by atoms with Crippen LogP contribution in [0.4, 0.5) is 0 Å². The minimum atomic E-state index is -0.540. The maximum absolute atomic E-state index is 12.4. The summed E-state index contributed by atoms with van der Waals surface area (Å²) in [6, 6.07) is 8.83. The molecule has 7 nitrogen and oxygen atoms in total. The Kier molecular flexibility index (Phi) is 3.99. The number of benzene rings is 1. The Morgan fingerprint density at radius 3 is 3.00 bits per heavy atom. The fourth-order valence-electron chi connectivity index (χ4n) is 3.23. The highest BCUT2D eigenvalue weighted by Gasteiger charge is 2.53. The van der Waals surface area contributed by atoms with Crippen molar-refractivity contribution in [3.8, 4) is 11.5 Å². The Balaban J connectivity index is 1.40. The van der Waals surface area contributed by atoms with Crippen molar-refractivity contribution in [3.63, 3.8) is 0 Å². The second kappa shape index (κ2) is 6.18. The fraction of sp³-hybridized carbons (Fsp3) is 0.412. The number of aromatic nitrogens is 2. The summed E-state index contributed by atoms with van der Waals surface area (Å²) >= 11 is 1.63. The number of hydrogen-bond donors (Lipinski definition) is 0. The predicted octanol–water partition coefficient (Wildman–Crippen LogP) is 2.23. The molecule has 3 heterocycles. The van der Waals surface area contributed by atoms with Crippen LogP contribution in [0.2, 0.25) is 0 Å². The predicted molar refractivity (Wildman–Crippen MR) is 90.3 cm³/mol. The van der Waals surface area contributed by atoms with E-state index in [2.05, 4.69) is 10.2 Å². The van der Waals surface area contributed by atoms with Gasteiger partial charge in [-0.3, -0.25) is 4.79 Å². The Labute approximate surface area is 148 Å². The van der Waals surface area contributed by atoms with Gasteiger partial charge in [0.25, 0.3) is 5.89 Å². The van der Waals surface area contributed by atoms with Crippen molar-refractivity contribution in [2.24, 2.45) is 0 Å². The van der Waals surface area contributed by atoms with E-state index in [9.17, 15) is 9.59 Å². The quantitative estimate of drug-likeness (QED) is 0.774. The number of ether oxygens (including phenoxy) is 1. The molecule has 0 N–H and O–H groups in total. The second-order valence-corrected chi connectivity index (χ2v) is 7.74. The van der Waals surface area contributed by atoms with Crippen molar-refractivity contribution in [2.45, 2.75) is 37.3 Å². The third-order valence-corrected chi connectivity index (χ3v) is 6.05. The summed E-state index contributed by atoms with van der Waals surface area (Å²) in [5, 5.41) is 7.87. The maximum Gasteiger partial charge on any atom is 0.330 e. The summed E-state index contributed by atoms with van der Waals surface area (Å²) < 4.78 is 10.8. The van der Waals surface area contributed by atoms with Crippen molar-refractivity contribution in [1.29, 1.82) is 0 Å². The Morgan fingerprint density at radius 2 is 2.20 bits per heavy atom. The van der Waals surface area contributed by atoms with Crippen molar-refractivity contribution in [1.82, 2.24) is 15.1 Å². The molecule has 0 spiro atoms. The number of thioether (sulfide) groups is 1. The lowest BCUT2D eigenvalue weighted by molar-refractivity contribution is -0.155. The number of amides is 1. The summed E-state index contributed by atoms with van der Waals surface area (Å²) in [7, 11) is 0. The number of nitrogens with zero attached hydrogens (tertiary/aromatic N) is 3. The molecule has 0 unspecified atom stereocenters. The van der Waals surface area contributed by atoms with Gasteiger partial charge in [-0.2, -0.15) is 0 Å². The molecule has 130 valence electrons. The van der Waals surface area contributed by atoms with E-state index in [0.29, 0.717) is 18.1 Å². The van der Waals surface area contributed by atoms with E-state index >= 15 is 0 Å². The molecule has 0 bridgehead atoms. The highest BCUT2D eigenvalue weighted by molar-refractivity contribution is 8.01. The van der Waals surface area contributed by atoms with Gasteiger partial charge in [-0.05, 0) is 25.5 Å². The van der Waals surface area contributed by atoms with Crippen LogP contribution in [0.1, 0.15) is 25.7 Å². The molecule has 1 aromatic heterocycles. The Morgan fingerprint density at radius 1 is 1.40 bits per heavy atom. The number of carbonyl (C=O) groups is 2. The molecule has 25 heavy (non-hydrogen) atoms. The molecule has 1 amide bonds. The third kappa shape index (κ3) is 2.90. The summed E-state index contributed by atoms with van der Waals surface area (Å²) in [6.45, 7) is 1.90. The minimum absolute atomic E-state index is 0.0126. The summed E-state index contributed by atoms with van der Waals surface area (Å²) in [4.78, 5) is 25.9. The van der Waals surface area contributed by atoms with Crippen molar-refractivity contribution >= 4 is 23.6 Å². The summed E-state index contributed by atoms with van der Waals surface area (Å²) in [5.41, 5.74) is 0.804. The number of esters is 1. The average molecular weight is 359 g/mol. The molecule has 2 saturated heterocycles. The molecular formula is C17H17N3O4S. The van der Waals surface area contributed by atoms with E-state index in [1.54, 1.807) is 16.7 Å². The van der Waals surface area contributed by atoms with Crippen LogP contribution < -0.4 is 0 Å². The largest absolute Gasteiger partial charge is 0.454 e. The second-order valence-electron chi connectivity index (χ2n) is 6.24. The van der Waals surface area contributed by atoms with Crippen molar-refractivity contribution < 1.29 is 18.7 Å². The average Bonchev–Trinajstić information content (AvgIpc) is 3.30. The molecule has 4 rings (SSSR count). The molecule has 2 aromatic rings. The lowest BCUT2D eigenvalue weighted by Crippen LogP contribution is -2.46. The SMILES string of the molecule is C[C@]12CCC(=O)N1[C@@H](C(=O)OCc1nnc(-c3ccccc3)o1)CS2. The molecule has 2 fully saturated rings. The van der Waals surface area contributed by atoms with Crippen LogP contribution in [-0.2, 0) is 20.9 Å². The Bertz CT molecular complexity index is 809. The third-order valence-electron chi connectivity index (χ3n) is 4.54. The smallest absolute Gasteiger partial charge is 0.330 e. The minimum Gasteiger partial charge on any atom is -0.454 e. The van der Waals surface area contributed by atoms with Crippen LogP contribution in [0, 0.1) is 0 Å². The molecular weight excluding hydrogens is 342 g/mol. The number of carbonyl (C=O) groups excluding carboxylic acids is 2. The van der Waals surface area contributed by atoms with E-state index in [1.165, 1.54) is 0 Å². The topological polar surface area (TPSA) is 85.5 Å². The first kappa shape index (κ1) is 16.1. The van der Waals surface area contributed by atoms with Gasteiger partial charge in [0.15, 0.2) is 6.61 Å². The zero-order chi connectivity index (χ0) is 17.4. The summed E-state index contributed by atoms with van der Waals surface area (Å²) in [5.74, 6) is 0.753. The van der Waals surface area contributed by atoms with E-state index in [1.807, 2.05) is 37.3 Å².